The van der Waals surface area contributed by atoms with E-state index in [2.05, 4.69) is 4.98 Å². The fourth-order valence-corrected chi connectivity index (χ4v) is 2.44. The number of hydrogen-bond donors (Lipinski definition) is 1. The van der Waals surface area contributed by atoms with Gasteiger partial charge in [0, 0.05) is 12.4 Å². The van der Waals surface area contributed by atoms with Crippen LogP contribution in [0.25, 0.3) is 0 Å². The first-order valence-electron chi connectivity index (χ1n) is 5.94. The fourth-order valence-electron chi connectivity index (χ4n) is 1.83. The summed E-state index contributed by atoms with van der Waals surface area (Å²) in [6, 6.07) is 5.17. The Bertz CT molecular complexity index is 607. The standard InChI is InChI=1S/C14H16N2O2S/c1-9-5-4-6-12(13(9)17)14(18)16(3)7-11-8-19-10(2)15-11/h4-6,8,17H,7H2,1-3H3. The van der Waals surface area contributed by atoms with E-state index >= 15 is 0 Å². The Kier molecular flexibility index (Phi) is 3.85. The Balaban J connectivity index is 2.17. The van der Waals surface area contributed by atoms with Crippen LogP contribution in [0.1, 0.15) is 26.6 Å². The molecule has 0 aliphatic rings. The minimum absolute atomic E-state index is 0.0498. The van der Waals surface area contributed by atoms with Crippen LogP contribution < -0.4 is 0 Å². The lowest BCUT2D eigenvalue weighted by Gasteiger charge is -2.17. The Morgan fingerprint density at radius 3 is 2.79 bits per heavy atom. The number of amides is 1. The van der Waals surface area contributed by atoms with Gasteiger partial charge in [-0.05, 0) is 25.5 Å². The highest BCUT2D eigenvalue weighted by Crippen LogP contribution is 2.23. The Morgan fingerprint density at radius 1 is 1.42 bits per heavy atom. The summed E-state index contributed by atoms with van der Waals surface area (Å²) in [5.41, 5.74) is 1.89. The number of nitrogens with zero attached hydrogens (tertiary/aromatic N) is 2. The van der Waals surface area contributed by atoms with Gasteiger partial charge in [0.05, 0.1) is 22.8 Å². The summed E-state index contributed by atoms with van der Waals surface area (Å²) in [5, 5.41) is 12.8. The van der Waals surface area contributed by atoms with E-state index in [0.29, 0.717) is 17.7 Å². The smallest absolute Gasteiger partial charge is 0.257 e. The van der Waals surface area contributed by atoms with E-state index in [-0.39, 0.29) is 11.7 Å². The van der Waals surface area contributed by atoms with Gasteiger partial charge in [0.25, 0.3) is 5.91 Å². The molecule has 0 aliphatic heterocycles. The largest absolute Gasteiger partial charge is 0.507 e. The monoisotopic (exact) mass is 276 g/mol. The third kappa shape index (κ3) is 2.93. The number of hydrogen-bond acceptors (Lipinski definition) is 4. The summed E-state index contributed by atoms with van der Waals surface area (Å²) >= 11 is 1.56. The number of phenols is 1. The summed E-state index contributed by atoms with van der Waals surface area (Å²) < 4.78 is 0. The van der Waals surface area contributed by atoms with Crippen LogP contribution in [-0.4, -0.2) is 27.9 Å². The maximum Gasteiger partial charge on any atom is 0.257 e. The summed E-state index contributed by atoms with van der Waals surface area (Å²) in [4.78, 5) is 18.2. The maximum absolute atomic E-state index is 12.3. The second kappa shape index (κ2) is 5.40. The molecule has 100 valence electrons. The Morgan fingerprint density at radius 2 is 2.16 bits per heavy atom. The number of carbonyl (C=O) groups is 1. The predicted octanol–water partition coefficient (Wildman–Crippen LogP) is 2.74. The molecule has 2 aromatic rings. The summed E-state index contributed by atoms with van der Waals surface area (Å²) in [5.74, 6) is -0.152. The van der Waals surface area contributed by atoms with Crippen molar-refractivity contribution in [3.8, 4) is 5.75 Å². The summed E-state index contributed by atoms with van der Waals surface area (Å²) in [7, 11) is 1.71. The molecule has 1 heterocycles. The molecular formula is C14H16N2O2S. The third-order valence-electron chi connectivity index (χ3n) is 2.88. The molecule has 1 aromatic heterocycles. The zero-order valence-electron chi connectivity index (χ0n) is 11.2. The average Bonchev–Trinajstić information content (AvgIpc) is 2.77. The molecule has 0 atom stereocenters. The van der Waals surface area contributed by atoms with E-state index in [1.807, 2.05) is 12.3 Å². The molecule has 4 nitrogen and oxygen atoms in total. The molecule has 1 N–H and O–H groups in total. The van der Waals surface area contributed by atoms with Crippen molar-refractivity contribution in [3.05, 3.63) is 45.4 Å². The Labute approximate surface area is 116 Å². The molecule has 1 aromatic carbocycles. The van der Waals surface area contributed by atoms with Crippen LogP contribution in [-0.2, 0) is 6.54 Å². The molecule has 19 heavy (non-hydrogen) atoms. The van der Waals surface area contributed by atoms with Gasteiger partial charge in [0.15, 0.2) is 0 Å². The zero-order valence-corrected chi connectivity index (χ0v) is 12.0. The molecule has 0 saturated heterocycles. The number of phenolic OH excluding ortho intramolecular Hbond substituents is 1. The molecule has 0 unspecified atom stereocenters. The van der Waals surface area contributed by atoms with Gasteiger partial charge in [-0.2, -0.15) is 0 Å². The lowest BCUT2D eigenvalue weighted by molar-refractivity contribution is 0.0780. The highest BCUT2D eigenvalue weighted by Gasteiger charge is 2.17. The molecule has 0 radical (unpaired) electrons. The van der Waals surface area contributed by atoms with Crippen LogP contribution in [0.4, 0.5) is 0 Å². The van der Waals surface area contributed by atoms with E-state index < -0.39 is 0 Å². The van der Waals surface area contributed by atoms with Crippen molar-refractivity contribution >= 4 is 17.2 Å². The van der Waals surface area contributed by atoms with E-state index in [1.54, 1.807) is 48.4 Å². The first kappa shape index (κ1) is 13.5. The van der Waals surface area contributed by atoms with Gasteiger partial charge in [-0.1, -0.05) is 12.1 Å². The van der Waals surface area contributed by atoms with Gasteiger partial charge in [-0.15, -0.1) is 11.3 Å². The molecule has 2 rings (SSSR count). The molecule has 0 saturated carbocycles. The van der Waals surface area contributed by atoms with Crippen molar-refractivity contribution < 1.29 is 9.90 Å². The number of aromatic nitrogens is 1. The van der Waals surface area contributed by atoms with E-state index in [1.165, 1.54) is 0 Å². The van der Waals surface area contributed by atoms with Gasteiger partial charge in [-0.25, -0.2) is 4.98 Å². The number of aromatic hydroxyl groups is 1. The second-order valence-corrected chi connectivity index (χ2v) is 5.55. The van der Waals surface area contributed by atoms with E-state index in [9.17, 15) is 9.90 Å². The van der Waals surface area contributed by atoms with Crippen molar-refractivity contribution in [2.45, 2.75) is 20.4 Å². The van der Waals surface area contributed by atoms with Crippen LogP contribution in [0.5, 0.6) is 5.75 Å². The summed E-state index contributed by atoms with van der Waals surface area (Å²) in [6.07, 6.45) is 0. The van der Waals surface area contributed by atoms with Crippen molar-refractivity contribution in [1.29, 1.82) is 0 Å². The Hall–Kier alpha value is -1.88. The van der Waals surface area contributed by atoms with Gasteiger partial charge < -0.3 is 10.0 Å². The normalized spacial score (nSPS) is 10.5. The molecule has 5 heteroatoms. The third-order valence-corrected chi connectivity index (χ3v) is 3.70. The van der Waals surface area contributed by atoms with E-state index in [4.69, 9.17) is 0 Å². The van der Waals surface area contributed by atoms with Crippen LogP contribution in [0.3, 0.4) is 0 Å². The number of benzene rings is 1. The first-order valence-corrected chi connectivity index (χ1v) is 6.82. The number of carbonyl (C=O) groups excluding carboxylic acids is 1. The zero-order chi connectivity index (χ0) is 14.0. The van der Waals surface area contributed by atoms with Gasteiger partial charge in [-0.3, -0.25) is 4.79 Å². The van der Waals surface area contributed by atoms with Crippen molar-refractivity contribution in [3.63, 3.8) is 0 Å². The minimum atomic E-state index is -0.202. The quantitative estimate of drug-likeness (QED) is 0.937. The molecule has 0 fully saturated rings. The SMILES string of the molecule is Cc1nc(CN(C)C(=O)c2cccc(C)c2O)cs1. The van der Waals surface area contributed by atoms with Crippen LogP contribution >= 0.6 is 11.3 Å². The van der Waals surface area contributed by atoms with Gasteiger partial charge >= 0.3 is 0 Å². The van der Waals surface area contributed by atoms with Gasteiger partial charge in [0.2, 0.25) is 0 Å². The molecule has 0 bridgehead atoms. The molecule has 1 amide bonds. The first-order chi connectivity index (χ1) is 8.99. The van der Waals surface area contributed by atoms with Crippen molar-refractivity contribution in [2.24, 2.45) is 0 Å². The minimum Gasteiger partial charge on any atom is -0.507 e. The topological polar surface area (TPSA) is 53.4 Å². The van der Waals surface area contributed by atoms with E-state index in [0.717, 1.165) is 10.7 Å². The number of rotatable bonds is 3. The fraction of sp³-hybridized carbons (Fsp3) is 0.286. The molecular weight excluding hydrogens is 260 g/mol. The van der Waals surface area contributed by atoms with Crippen molar-refractivity contribution in [1.82, 2.24) is 9.88 Å². The number of para-hydroxylation sites is 1. The van der Waals surface area contributed by atoms with Crippen molar-refractivity contribution in [2.75, 3.05) is 7.05 Å². The molecule has 0 spiro atoms. The average molecular weight is 276 g/mol. The lowest BCUT2D eigenvalue weighted by Crippen LogP contribution is -2.26. The summed E-state index contributed by atoms with van der Waals surface area (Å²) in [6.45, 7) is 4.15. The van der Waals surface area contributed by atoms with Gasteiger partial charge in [0.1, 0.15) is 5.75 Å². The highest BCUT2D eigenvalue weighted by atomic mass is 32.1. The second-order valence-electron chi connectivity index (χ2n) is 4.49. The van der Waals surface area contributed by atoms with Crippen LogP contribution in [0.2, 0.25) is 0 Å². The number of aryl methyl sites for hydroxylation is 2. The number of thiazole rings is 1. The maximum atomic E-state index is 12.3. The molecule has 0 aliphatic carbocycles. The van der Waals surface area contributed by atoms with Crippen LogP contribution in [0, 0.1) is 13.8 Å². The highest BCUT2D eigenvalue weighted by molar-refractivity contribution is 7.09. The predicted molar refractivity (Wildman–Crippen MR) is 75.5 cm³/mol. The lowest BCUT2D eigenvalue weighted by atomic mass is 10.1. The van der Waals surface area contributed by atoms with Crippen LogP contribution in [0.15, 0.2) is 23.6 Å².